The summed E-state index contributed by atoms with van der Waals surface area (Å²) < 4.78 is 33.8. The van der Waals surface area contributed by atoms with Gasteiger partial charge in [0.1, 0.15) is 30.0 Å². The molecule has 0 fully saturated rings. The minimum Gasteiger partial charge on any atom is -0.496 e. The predicted molar refractivity (Wildman–Crippen MR) is 171 cm³/mol. The van der Waals surface area contributed by atoms with Crippen molar-refractivity contribution in [3.63, 3.8) is 0 Å². The number of halogens is 3. The van der Waals surface area contributed by atoms with E-state index in [4.69, 9.17) is 14.2 Å². The Hall–Kier alpha value is -3.54. The first-order valence-corrected chi connectivity index (χ1v) is 15.7. The lowest BCUT2D eigenvalue weighted by molar-refractivity contribution is -0.143. The molecule has 0 saturated carbocycles. The van der Waals surface area contributed by atoms with Gasteiger partial charge in [-0.25, -0.2) is 14.2 Å². The van der Waals surface area contributed by atoms with Gasteiger partial charge in [0.15, 0.2) is 4.80 Å². The van der Waals surface area contributed by atoms with Crippen LogP contribution in [0.2, 0.25) is 0 Å². The van der Waals surface area contributed by atoms with Crippen molar-refractivity contribution in [2.45, 2.75) is 39.5 Å². The SMILES string of the molecule is COc1ccc(Br)cc1[C@H]1C(C(=O)OC(C)C)=C(C)N=c2s/c(=C\c3ccc(OCc4ccc(F)cc4)c(Br)c3)c(=O)n21. The Morgan fingerprint density at radius 3 is 2.49 bits per heavy atom. The number of aromatic nitrogens is 1. The summed E-state index contributed by atoms with van der Waals surface area (Å²) in [6, 6.07) is 16.3. The Bertz CT molecular complexity index is 1920. The number of thiazole rings is 1. The summed E-state index contributed by atoms with van der Waals surface area (Å²) in [6.07, 6.45) is 1.42. The van der Waals surface area contributed by atoms with E-state index < -0.39 is 12.0 Å². The molecule has 0 saturated heterocycles. The van der Waals surface area contributed by atoms with Gasteiger partial charge in [-0.3, -0.25) is 9.36 Å². The number of hydrogen-bond donors (Lipinski definition) is 0. The Labute approximate surface area is 268 Å². The van der Waals surface area contributed by atoms with E-state index in [1.165, 1.54) is 28.0 Å². The monoisotopic (exact) mass is 728 g/mol. The van der Waals surface area contributed by atoms with Gasteiger partial charge < -0.3 is 14.2 Å². The van der Waals surface area contributed by atoms with Crippen molar-refractivity contribution in [3.8, 4) is 11.5 Å². The third kappa shape index (κ3) is 6.68. The zero-order valence-electron chi connectivity index (χ0n) is 23.7. The number of carbonyl (C=O) groups is 1. The first-order chi connectivity index (χ1) is 20.5. The van der Waals surface area contributed by atoms with Gasteiger partial charge in [0.05, 0.1) is 33.5 Å². The van der Waals surface area contributed by atoms with Crippen LogP contribution in [0.1, 0.15) is 43.5 Å². The molecule has 0 radical (unpaired) electrons. The van der Waals surface area contributed by atoms with Gasteiger partial charge in [-0.15, -0.1) is 0 Å². The van der Waals surface area contributed by atoms with Gasteiger partial charge in [0.2, 0.25) is 0 Å². The number of fused-ring (bicyclic) bond motifs is 1. The molecule has 1 atom stereocenters. The predicted octanol–water partition coefficient (Wildman–Crippen LogP) is 6.44. The normalized spacial score (nSPS) is 14.9. The maximum atomic E-state index is 14.0. The molecule has 7 nitrogen and oxygen atoms in total. The molecule has 1 aliphatic heterocycles. The van der Waals surface area contributed by atoms with Crippen molar-refractivity contribution < 1.29 is 23.4 Å². The first kappa shape index (κ1) is 30.9. The summed E-state index contributed by atoms with van der Waals surface area (Å²) in [5.74, 6) is 0.280. The summed E-state index contributed by atoms with van der Waals surface area (Å²) in [4.78, 5) is 32.5. The van der Waals surface area contributed by atoms with E-state index in [9.17, 15) is 14.0 Å². The van der Waals surface area contributed by atoms with Crippen LogP contribution in [0.3, 0.4) is 0 Å². The molecule has 0 unspecified atom stereocenters. The number of nitrogens with zero attached hydrogens (tertiary/aromatic N) is 2. The number of rotatable bonds is 8. The van der Waals surface area contributed by atoms with E-state index in [0.717, 1.165) is 15.6 Å². The molecule has 2 heterocycles. The van der Waals surface area contributed by atoms with Gasteiger partial charge in [-0.1, -0.05) is 45.5 Å². The Morgan fingerprint density at radius 1 is 1.09 bits per heavy atom. The number of hydrogen-bond acceptors (Lipinski definition) is 7. The Balaban J connectivity index is 1.56. The van der Waals surface area contributed by atoms with Crippen molar-refractivity contribution in [2.24, 2.45) is 4.99 Å². The van der Waals surface area contributed by atoms with Crippen molar-refractivity contribution >= 4 is 55.2 Å². The molecule has 0 spiro atoms. The number of carbonyl (C=O) groups excluding carboxylic acids is 1. The van der Waals surface area contributed by atoms with E-state index in [1.807, 2.05) is 24.3 Å². The molecular formula is C32H27Br2FN2O5S. The van der Waals surface area contributed by atoms with E-state index in [2.05, 4.69) is 36.9 Å². The summed E-state index contributed by atoms with van der Waals surface area (Å²) in [5, 5.41) is 0. The third-order valence-electron chi connectivity index (χ3n) is 6.63. The van der Waals surface area contributed by atoms with Crippen LogP contribution in [0.5, 0.6) is 11.5 Å². The van der Waals surface area contributed by atoms with E-state index >= 15 is 0 Å². The van der Waals surface area contributed by atoms with Crippen molar-refractivity contribution in [1.82, 2.24) is 4.57 Å². The van der Waals surface area contributed by atoms with Crippen LogP contribution in [-0.4, -0.2) is 23.8 Å². The summed E-state index contributed by atoms with van der Waals surface area (Å²) >= 11 is 8.31. The van der Waals surface area contributed by atoms with E-state index in [-0.39, 0.29) is 29.7 Å². The van der Waals surface area contributed by atoms with Crippen LogP contribution in [-0.2, 0) is 16.1 Å². The van der Waals surface area contributed by atoms with E-state index in [1.54, 1.807) is 58.2 Å². The standard InChI is InChI=1S/C32H27Br2FN2O5S/c1-17(2)42-31(39)28-18(3)36-32-37(29(28)23-15-21(33)8-12-25(23)40-4)30(38)27(43-32)14-20-7-11-26(24(34)13-20)41-16-19-5-9-22(35)10-6-19/h5-15,17,29H,16H2,1-4H3/b27-14-/t29-/m0/s1. The second-order valence-corrected chi connectivity index (χ2v) is 12.8. The van der Waals surface area contributed by atoms with Crippen LogP contribution in [0.4, 0.5) is 4.39 Å². The lowest BCUT2D eigenvalue weighted by Crippen LogP contribution is -2.40. The molecular weight excluding hydrogens is 703 g/mol. The average molecular weight is 730 g/mol. The second kappa shape index (κ2) is 13.0. The molecule has 0 bridgehead atoms. The largest absolute Gasteiger partial charge is 0.496 e. The second-order valence-electron chi connectivity index (χ2n) is 10.0. The molecule has 0 N–H and O–H groups in total. The third-order valence-corrected chi connectivity index (χ3v) is 8.73. The maximum Gasteiger partial charge on any atom is 0.338 e. The summed E-state index contributed by atoms with van der Waals surface area (Å²) in [6.45, 7) is 5.56. The van der Waals surface area contributed by atoms with Gasteiger partial charge in [-0.2, -0.15) is 0 Å². The van der Waals surface area contributed by atoms with Crippen LogP contribution < -0.4 is 24.4 Å². The highest BCUT2D eigenvalue weighted by atomic mass is 79.9. The first-order valence-electron chi connectivity index (χ1n) is 13.3. The number of methoxy groups -OCH3 is 1. The lowest BCUT2D eigenvalue weighted by Gasteiger charge is -2.26. The highest BCUT2D eigenvalue weighted by Gasteiger charge is 2.35. The number of esters is 1. The van der Waals surface area contributed by atoms with Gasteiger partial charge in [0.25, 0.3) is 5.56 Å². The molecule has 43 heavy (non-hydrogen) atoms. The highest BCUT2D eigenvalue weighted by molar-refractivity contribution is 9.10. The van der Waals surface area contributed by atoms with Gasteiger partial charge in [0, 0.05) is 10.0 Å². The average Bonchev–Trinajstić information content (AvgIpc) is 3.26. The fourth-order valence-electron chi connectivity index (χ4n) is 4.69. The quantitative estimate of drug-likeness (QED) is 0.195. The zero-order chi connectivity index (χ0) is 30.8. The number of benzene rings is 3. The molecule has 3 aromatic carbocycles. The lowest BCUT2D eigenvalue weighted by atomic mass is 9.95. The van der Waals surface area contributed by atoms with Crippen LogP contribution >= 0.6 is 43.2 Å². The molecule has 222 valence electrons. The maximum absolute atomic E-state index is 14.0. The van der Waals surface area contributed by atoms with Crippen LogP contribution in [0.15, 0.2) is 90.7 Å². The highest BCUT2D eigenvalue weighted by Crippen LogP contribution is 2.37. The fourth-order valence-corrected chi connectivity index (χ4v) is 6.63. The zero-order valence-corrected chi connectivity index (χ0v) is 27.7. The minimum absolute atomic E-state index is 0.273. The summed E-state index contributed by atoms with van der Waals surface area (Å²) in [5.41, 5.74) is 2.66. The molecule has 1 aromatic heterocycles. The fraction of sp³-hybridized carbons (Fsp3) is 0.219. The Morgan fingerprint density at radius 2 is 1.81 bits per heavy atom. The topological polar surface area (TPSA) is 79.1 Å². The molecule has 4 aromatic rings. The smallest absolute Gasteiger partial charge is 0.338 e. The van der Waals surface area contributed by atoms with Gasteiger partial charge >= 0.3 is 5.97 Å². The minimum atomic E-state index is -0.814. The summed E-state index contributed by atoms with van der Waals surface area (Å²) in [7, 11) is 1.55. The van der Waals surface area contributed by atoms with Crippen molar-refractivity contribution in [2.75, 3.05) is 7.11 Å². The molecule has 0 aliphatic carbocycles. The number of allylic oxidation sites excluding steroid dienone is 1. The van der Waals surface area contributed by atoms with Crippen molar-refractivity contribution in [3.05, 3.63) is 123 Å². The molecule has 1 aliphatic rings. The van der Waals surface area contributed by atoms with Crippen LogP contribution in [0.25, 0.3) is 6.08 Å². The Kier molecular flexibility index (Phi) is 9.33. The number of ether oxygens (including phenoxy) is 3. The van der Waals surface area contributed by atoms with Crippen LogP contribution in [0, 0.1) is 5.82 Å². The van der Waals surface area contributed by atoms with E-state index in [0.29, 0.717) is 36.6 Å². The molecule has 0 amide bonds. The van der Waals surface area contributed by atoms with Gasteiger partial charge in [-0.05, 0) is 96.4 Å². The molecule has 11 heteroatoms. The molecule has 5 rings (SSSR count). The van der Waals surface area contributed by atoms with Crippen molar-refractivity contribution in [1.29, 1.82) is 0 Å².